The summed E-state index contributed by atoms with van der Waals surface area (Å²) >= 11 is 3.56. The van der Waals surface area contributed by atoms with Crippen LogP contribution in [0.4, 0.5) is 5.69 Å². The first-order chi connectivity index (χ1) is 4.77. The molecule has 1 heterocycles. The molecule has 0 fully saturated rings. The lowest BCUT2D eigenvalue weighted by Gasteiger charge is -1.88. The summed E-state index contributed by atoms with van der Waals surface area (Å²) < 4.78 is 1.31. The van der Waals surface area contributed by atoms with Crippen molar-refractivity contribution in [2.24, 2.45) is 0 Å². The SMILES string of the molecule is CCc1sc(SC)cc1N. The molecular formula is C7H11NS2. The lowest BCUT2D eigenvalue weighted by atomic mass is 10.3. The highest BCUT2D eigenvalue weighted by atomic mass is 32.2. The molecule has 0 spiro atoms. The van der Waals surface area contributed by atoms with Crippen LogP contribution in [-0.2, 0) is 6.42 Å². The quantitative estimate of drug-likeness (QED) is 0.696. The molecule has 0 aliphatic heterocycles. The summed E-state index contributed by atoms with van der Waals surface area (Å²) in [6, 6.07) is 2.05. The van der Waals surface area contributed by atoms with Crippen LogP contribution in [0.15, 0.2) is 10.3 Å². The first kappa shape index (κ1) is 7.95. The Morgan fingerprint density at radius 1 is 1.70 bits per heavy atom. The largest absolute Gasteiger partial charge is 0.398 e. The van der Waals surface area contributed by atoms with Crippen molar-refractivity contribution >= 4 is 28.8 Å². The Morgan fingerprint density at radius 3 is 2.70 bits per heavy atom. The van der Waals surface area contributed by atoms with Crippen molar-refractivity contribution in [2.45, 2.75) is 17.6 Å². The summed E-state index contributed by atoms with van der Waals surface area (Å²) in [7, 11) is 0. The number of thiophene rings is 1. The van der Waals surface area contributed by atoms with Crippen LogP contribution in [0.2, 0.25) is 0 Å². The van der Waals surface area contributed by atoms with Gasteiger partial charge in [0, 0.05) is 10.6 Å². The average Bonchev–Trinajstić information content (AvgIpc) is 2.30. The molecule has 0 saturated heterocycles. The van der Waals surface area contributed by atoms with E-state index in [0.717, 1.165) is 12.1 Å². The fraction of sp³-hybridized carbons (Fsp3) is 0.429. The van der Waals surface area contributed by atoms with Gasteiger partial charge in [-0.2, -0.15) is 0 Å². The van der Waals surface area contributed by atoms with Gasteiger partial charge in [-0.05, 0) is 18.7 Å². The molecule has 0 aliphatic carbocycles. The molecule has 2 N–H and O–H groups in total. The van der Waals surface area contributed by atoms with Gasteiger partial charge in [0.05, 0.1) is 4.21 Å². The van der Waals surface area contributed by atoms with Crippen molar-refractivity contribution in [1.29, 1.82) is 0 Å². The molecule has 0 atom stereocenters. The standard InChI is InChI=1S/C7H11NS2/c1-3-6-5(8)4-7(9-2)10-6/h4H,3,8H2,1-2H3. The molecule has 0 amide bonds. The lowest BCUT2D eigenvalue weighted by molar-refractivity contribution is 1.19. The molecule has 3 heteroatoms. The van der Waals surface area contributed by atoms with Gasteiger partial charge in [-0.25, -0.2) is 0 Å². The number of anilines is 1. The minimum atomic E-state index is 0.955. The molecule has 56 valence electrons. The van der Waals surface area contributed by atoms with Crippen LogP contribution in [0, 0.1) is 0 Å². The third-order valence-corrected chi connectivity index (χ3v) is 3.70. The summed E-state index contributed by atoms with van der Waals surface area (Å²) in [6.45, 7) is 2.13. The Hall–Kier alpha value is -0.150. The molecule has 0 aliphatic rings. The van der Waals surface area contributed by atoms with Gasteiger partial charge in [0.2, 0.25) is 0 Å². The molecule has 0 bridgehead atoms. The molecule has 0 radical (unpaired) electrons. The van der Waals surface area contributed by atoms with Gasteiger partial charge >= 0.3 is 0 Å². The van der Waals surface area contributed by atoms with E-state index in [1.165, 1.54) is 9.09 Å². The van der Waals surface area contributed by atoms with E-state index in [1.807, 2.05) is 6.07 Å². The van der Waals surface area contributed by atoms with E-state index in [9.17, 15) is 0 Å². The highest BCUT2D eigenvalue weighted by Crippen LogP contribution is 2.31. The fourth-order valence-electron chi connectivity index (χ4n) is 0.794. The average molecular weight is 173 g/mol. The fourth-order valence-corrected chi connectivity index (χ4v) is 2.42. The van der Waals surface area contributed by atoms with E-state index >= 15 is 0 Å². The monoisotopic (exact) mass is 173 g/mol. The summed E-state index contributed by atoms with van der Waals surface area (Å²) in [6.07, 6.45) is 3.13. The maximum absolute atomic E-state index is 5.72. The third-order valence-electron chi connectivity index (χ3n) is 1.34. The molecule has 10 heavy (non-hydrogen) atoms. The van der Waals surface area contributed by atoms with Gasteiger partial charge < -0.3 is 5.73 Å². The van der Waals surface area contributed by atoms with E-state index in [2.05, 4.69) is 13.2 Å². The normalized spacial score (nSPS) is 10.2. The predicted octanol–water partition coefficient (Wildman–Crippen LogP) is 2.61. The topological polar surface area (TPSA) is 26.0 Å². The highest BCUT2D eigenvalue weighted by Gasteiger charge is 2.01. The van der Waals surface area contributed by atoms with E-state index < -0.39 is 0 Å². The van der Waals surface area contributed by atoms with Crippen molar-refractivity contribution in [2.75, 3.05) is 12.0 Å². The number of nitrogen functional groups attached to an aromatic ring is 1. The first-order valence-corrected chi connectivity index (χ1v) is 5.24. The van der Waals surface area contributed by atoms with Gasteiger partial charge in [-0.15, -0.1) is 23.1 Å². The van der Waals surface area contributed by atoms with Crippen molar-refractivity contribution in [1.82, 2.24) is 0 Å². The number of hydrogen-bond acceptors (Lipinski definition) is 3. The molecule has 1 nitrogen and oxygen atoms in total. The molecule has 1 aromatic rings. The van der Waals surface area contributed by atoms with Crippen LogP contribution >= 0.6 is 23.1 Å². The maximum Gasteiger partial charge on any atom is 0.0620 e. The number of thioether (sulfide) groups is 1. The van der Waals surface area contributed by atoms with Crippen LogP contribution in [0.1, 0.15) is 11.8 Å². The van der Waals surface area contributed by atoms with E-state index in [0.29, 0.717) is 0 Å². The van der Waals surface area contributed by atoms with Crippen LogP contribution < -0.4 is 5.73 Å². The van der Waals surface area contributed by atoms with E-state index in [1.54, 1.807) is 23.1 Å². The van der Waals surface area contributed by atoms with Gasteiger partial charge in [-0.3, -0.25) is 0 Å². The van der Waals surface area contributed by atoms with Crippen molar-refractivity contribution < 1.29 is 0 Å². The maximum atomic E-state index is 5.72. The minimum Gasteiger partial charge on any atom is -0.398 e. The van der Waals surface area contributed by atoms with Crippen molar-refractivity contribution in [3.63, 3.8) is 0 Å². The minimum absolute atomic E-state index is 0.955. The van der Waals surface area contributed by atoms with Crippen LogP contribution in [-0.4, -0.2) is 6.26 Å². The van der Waals surface area contributed by atoms with Gasteiger partial charge in [0.15, 0.2) is 0 Å². The summed E-state index contributed by atoms with van der Waals surface area (Å²) in [5.74, 6) is 0. The lowest BCUT2D eigenvalue weighted by Crippen LogP contribution is -1.84. The number of hydrogen-bond donors (Lipinski definition) is 1. The second-order valence-corrected chi connectivity index (χ2v) is 4.24. The number of aryl methyl sites for hydroxylation is 1. The van der Waals surface area contributed by atoms with Gasteiger partial charge in [0.25, 0.3) is 0 Å². The molecule has 1 aromatic heterocycles. The molecule has 0 aromatic carbocycles. The zero-order chi connectivity index (χ0) is 7.56. The van der Waals surface area contributed by atoms with E-state index in [-0.39, 0.29) is 0 Å². The zero-order valence-electron chi connectivity index (χ0n) is 6.18. The molecular weight excluding hydrogens is 162 g/mol. The summed E-state index contributed by atoms with van der Waals surface area (Å²) in [4.78, 5) is 1.31. The second kappa shape index (κ2) is 3.30. The Bertz CT molecular complexity index is 217. The third kappa shape index (κ3) is 1.47. The Labute approximate surface area is 69.6 Å². The van der Waals surface area contributed by atoms with E-state index in [4.69, 9.17) is 5.73 Å². The van der Waals surface area contributed by atoms with Crippen LogP contribution in [0.5, 0.6) is 0 Å². The van der Waals surface area contributed by atoms with Crippen molar-refractivity contribution in [3.05, 3.63) is 10.9 Å². The van der Waals surface area contributed by atoms with Crippen molar-refractivity contribution in [3.8, 4) is 0 Å². The second-order valence-electron chi connectivity index (χ2n) is 2.00. The van der Waals surface area contributed by atoms with Crippen LogP contribution in [0.25, 0.3) is 0 Å². The first-order valence-electron chi connectivity index (χ1n) is 3.20. The predicted molar refractivity (Wildman–Crippen MR) is 49.9 cm³/mol. The summed E-state index contributed by atoms with van der Waals surface area (Å²) in [5, 5.41) is 0. The smallest absolute Gasteiger partial charge is 0.0620 e. The molecule has 0 unspecified atom stereocenters. The zero-order valence-corrected chi connectivity index (χ0v) is 7.81. The number of nitrogens with two attached hydrogens (primary N) is 1. The number of rotatable bonds is 2. The molecule has 0 saturated carbocycles. The Morgan fingerprint density at radius 2 is 2.40 bits per heavy atom. The Balaban J connectivity index is 2.92. The molecule has 1 rings (SSSR count). The highest BCUT2D eigenvalue weighted by molar-refractivity contribution is 8.00. The Kier molecular flexibility index (Phi) is 2.63. The van der Waals surface area contributed by atoms with Crippen LogP contribution in [0.3, 0.4) is 0 Å². The van der Waals surface area contributed by atoms with Gasteiger partial charge in [-0.1, -0.05) is 6.92 Å². The van der Waals surface area contributed by atoms with Gasteiger partial charge in [0.1, 0.15) is 0 Å². The summed E-state index contributed by atoms with van der Waals surface area (Å²) in [5.41, 5.74) is 6.68.